The Balaban J connectivity index is 2.01. The Labute approximate surface area is 159 Å². The molecule has 0 spiro atoms. The van der Waals surface area contributed by atoms with Crippen molar-refractivity contribution in [1.29, 1.82) is 5.26 Å². The molecule has 4 nitrogen and oxygen atoms in total. The van der Waals surface area contributed by atoms with E-state index in [1.807, 2.05) is 6.07 Å². The second-order valence-corrected chi connectivity index (χ2v) is 6.86. The fourth-order valence-corrected chi connectivity index (χ4v) is 3.45. The average Bonchev–Trinajstić information content (AvgIpc) is 2.95. The molecule has 2 aromatic rings. The number of benzene rings is 2. The lowest BCUT2D eigenvalue weighted by Crippen LogP contribution is -2.25. The molecule has 1 fully saturated rings. The van der Waals surface area contributed by atoms with Gasteiger partial charge in [-0.1, -0.05) is 11.6 Å². The van der Waals surface area contributed by atoms with Crippen molar-refractivity contribution < 1.29 is 18.0 Å². The predicted molar refractivity (Wildman–Crippen MR) is 94.6 cm³/mol. The molecule has 0 aromatic heterocycles. The van der Waals surface area contributed by atoms with Gasteiger partial charge in [-0.05, 0) is 24.3 Å². The van der Waals surface area contributed by atoms with Crippen LogP contribution in [0.2, 0.25) is 5.02 Å². The molecule has 0 radical (unpaired) electrons. The van der Waals surface area contributed by atoms with E-state index in [0.29, 0.717) is 18.3 Å². The molecular formula is C19H15ClF3N3O. The lowest BCUT2D eigenvalue weighted by Gasteiger charge is -2.26. The second kappa shape index (κ2) is 7.49. The Hall–Kier alpha value is -2.72. The van der Waals surface area contributed by atoms with Crippen LogP contribution >= 0.6 is 11.6 Å². The van der Waals surface area contributed by atoms with Crippen LogP contribution in [0.15, 0.2) is 30.3 Å². The molecule has 3 rings (SSSR count). The number of carbonyl (C=O) groups is 1. The summed E-state index contributed by atoms with van der Waals surface area (Å²) >= 11 is 6.03. The maximum Gasteiger partial charge on any atom is 0.222 e. The second-order valence-electron chi connectivity index (χ2n) is 6.45. The Morgan fingerprint density at radius 2 is 1.93 bits per heavy atom. The van der Waals surface area contributed by atoms with E-state index in [1.54, 1.807) is 13.1 Å². The van der Waals surface area contributed by atoms with Gasteiger partial charge in [-0.2, -0.15) is 5.26 Å². The minimum Gasteiger partial charge on any atom is -0.378 e. The molecule has 140 valence electrons. The van der Waals surface area contributed by atoms with Crippen LogP contribution in [0.1, 0.15) is 23.6 Å². The SMILES string of the molecule is CN1C[C@@H](C(Nc2ccc(C#N)c(Cl)c2)c2cc(F)c(F)cc2F)CC1=O. The highest BCUT2D eigenvalue weighted by Gasteiger charge is 2.35. The van der Waals surface area contributed by atoms with Crippen molar-refractivity contribution >= 4 is 23.2 Å². The highest BCUT2D eigenvalue weighted by molar-refractivity contribution is 6.32. The molecule has 1 heterocycles. The van der Waals surface area contributed by atoms with Gasteiger partial charge in [-0.3, -0.25) is 4.79 Å². The van der Waals surface area contributed by atoms with Crippen molar-refractivity contribution in [2.24, 2.45) is 5.92 Å². The molecular weight excluding hydrogens is 379 g/mol. The number of hydrogen-bond acceptors (Lipinski definition) is 3. The highest BCUT2D eigenvalue weighted by Crippen LogP contribution is 2.36. The number of nitrogens with one attached hydrogen (secondary N) is 1. The van der Waals surface area contributed by atoms with Gasteiger partial charge in [0.05, 0.1) is 16.6 Å². The van der Waals surface area contributed by atoms with Crippen molar-refractivity contribution in [2.45, 2.75) is 12.5 Å². The molecule has 0 saturated carbocycles. The smallest absolute Gasteiger partial charge is 0.222 e. The van der Waals surface area contributed by atoms with Gasteiger partial charge in [0.2, 0.25) is 5.91 Å². The Bertz CT molecular complexity index is 945. The Kier molecular flexibility index (Phi) is 5.29. The normalized spacial score (nSPS) is 17.7. The lowest BCUT2D eigenvalue weighted by atomic mass is 9.91. The van der Waals surface area contributed by atoms with Crippen LogP contribution in [0.25, 0.3) is 0 Å². The van der Waals surface area contributed by atoms with E-state index in [2.05, 4.69) is 5.32 Å². The Morgan fingerprint density at radius 1 is 1.22 bits per heavy atom. The summed E-state index contributed by atoms with van der Waals surface area (Å²) in [6.07, 6.45) is 0.136. The summed E-state index contributed by atoms with van der Waals surface area (Å²) in [6.45, 7) is 0.332. The molecule has 27 heavy (non-hydrogen) atoms. The molecule has 0 bridgehead atoms. The summed E-state index contributed by atoms with van der Waals surface area (Å²) in [5.74, 6) is -3.85. The zero-order valence-electron chi connectivity index (χ0n) is 14.3. The summed E-state index contributed by atoms with van der Waals surface area (Å²) in [7, 11) is 1.62. The van der Waals surface area contributed by atoms with Crippen molar-refractivity contribution in [3.8, 4) is 6.07 Å². The maximum atomic E-state index is 14.4. The highest BCUT2D eigenvalue weighted by atomic mass is 35.5. The number of halogens is 4. The molecule has 8 heteroatoms. The van der Waals surface area contributed by atoms with Crippen LogP contribution in [-0.2, 0) is 4.79 Å². The summed E-state index contributed by atoms with van der Waals surface area (Å²) in [5.41, 5.74) is 0.658. The van der Waals surface area contributed by atoms with E-state index in [0.717, 1.165) is 6.07 Å². The minimum atomic E-state index is -1.28. The molecule has 1 N–H and O–H groups in total. The molecule has 1 aliphatic heterocycles. The van der Waals surface area contributed by atoms with Gasteiger partial charge in [0.1, 0.15) is 11.9 Å². The summed E-state index contributed by atoms with van der Waals surface area (Å²) in [6, 6.07) is 7.00. The van der Waals surface area contributed by atoms with Gasteiger partial charge in [0.15, 0.2) is 11.6 Å². The number of hydrogen-bond donors (Lipinski definition) is 1. The molecule has 0 aliphatic carbocycles. The molecule has 2 atom stereocenters. The van der Waals surface area contributed by atoms with E-state index >= 15 is 0 Å². The molecule has 1 amide bonds. The van der Waals surface area contributed by atoms with Gasteiger partial charge in [0.25, 0.3) is 0 Å². The number of carbonyl (C=O) groups excluding carboxylic acids is 1. The fourth-order valence-electron chi connectivity index (χ4n) is 3.22. The summed E-state index contributed by atoms with van der Waals surface area (Å²) in [4.78, 5) is 13.4. The van der Waals surface area contributed by atoms with E-state index in [-0.39, 0.29) is 34.4 Å². The number of amides is 1. The van der Waals surface area contributed by atoms with E-state index in [9.17, 15) is 18.0 Å². The number of anilines is 1. The van der Waals surface area contributed by atoms with E-state index in [4.69, 9.17) is 16.9 Å². The monoisotopic (exact) mass is 393 g/mol. The summed E-state index contributed by atoms with van der Waals surface area (Å²) in [5, 5.41) is 12.2. The fraction of sp³-hybridized carbons (Fsp3) is 0.263. The first kappa shape index (κ1) is 19.1. The van der Waals surface area contributed by atoms with Crippen LogP contribution in [0.4, 0.5) is 18.9 Å². The average molecular weight is 394 g/mol. The van der Waals surface area contributed by atoms with Gasteiger partial charge in [0, 0.05) is 43.2 Å². The topological polar surface area (TPSA) is 56.1 Å². The first-order valence-corrected chi connectivity index (χ1v) is 8.52. The number of likely N-dealkylation sites (tertiary alicyclic amines) is 1. The van der Waals surface area contributed by atoms with Crippen LogP contribution in [0.3, 0.4) is 0 Å². The van der Waals surface area contributed by atoms with Crippen molar-refractivity contribution in [3.05, 3.63) is 63.9 Å². The molecule has 1 saturated heterocycles. The third-order valence-corrected chi connectivity index (χ3v) is 4.94. The quantitative estimate of drug-likeness (QED) is 0.790. The largest absolute Gasteiger partial charge is 0.378 e. The molecule has 2 aromatic carbocycles. The van der Waals surface area contributed by atoms with Gasteiger partial charge in [-0.15, -0.1) is 0 Å². The first-order valence-electron chi connectivity index (χ1n) is 8.14. The molecule has 1 aliphatic rings. The zero-order valence-corrected chi connectivity index (χ0v) is 15.0. The predicted octanol–water partition coefficient (Wildman–Crippen LogP) is 4.26. The number of nitriles is 1. The van der Waals surface area contributed by atoms with E-state index < -0.39 is 23.5 Å². The van der Waals surface area contributed by atoms with Gasteiger partial charge in [-0.25, -0.2) is 13.2 Å². The van der Waals surface area contributed by atoms with Crippen LogP contribution in [0, 0.1) is 34.7 Å². The first-order chi connectivity index (χ1) is 12.8. The molecule has 1 unspecified atom stereocenters. The van der Waals surface area contributed by atoms with Gasteiger partial charge < -0.3 is 10.2 Å². The van der Waals surface area contributed by atoms with E-state index in [1.165, 1.54) is 17.0 Å². The lowest BCUT2D eigenvalue weighted by molar-refractivity contribution is -0.126. The minimum absolute atomic E-state index is 0.0810. The third-order valence-electron chi connectivity index (χ3n) is 4.63. The maximum absolute atomic E-state index is 14.4. The number of rotatable bonds is 4. The third kappa shape index (κ3) is 3.86. The number of nitrogens with zero attached hydrogens (tertiary/aromatic N) is 2. The van der Waals surface area contributed by atoms with Gasteiger partial charge >= 0.3 is 0 Å². The van der Waals surface area contributed by atoms with Crippen LogP contribution in [0.5, 0.6) is 0 Å². The van der Waals surface area contributed by atoms with Crippen molar-refractivity contribution in [1.82, 2.24) is 4.90 Å². The van der Waals surface area contributed by atoms with Crippen molar-refractivity contribution in [2.75, 3.05) is 18.9 Å². The summed E-state index contributed by atoms with van der Waals surface area (Å²) < 4.78 is 41.5. The standard InChI is InChI=1S/C19H15ClF3N3O/c1-26-9-11(4-18(26)27)19(13-6-16(22)17(23)7-15(13)21)25-12-3-2-10(8-24)14(20)5-12/h2-3,5-7,11,19,25H,4,9H2,1H3/t11-,19?/m0/s1. The van der Waals surface area contributed by atoms with Crippen LogP contribution < -0.4 is 5.32 Å². The van der Waals surface area contributed by atoms with Crippen molar-refractivity contribution in [3.63, 3.8) is 0 Å². The zero-order chi connectivity index (χ0) is 19.7. The Morgan fingerprint density at radius 3 is 2.52 bits per heavy atom. The van der Waals surface area contributed by atoms with Crippen LogP contribution in [-0.4, -0.2) is 24.4 Å².